The summed E-state index contributed by atoms with van der Waals surface area (Å²) in [4.78, 5) is 30.1. The monoisotopic (exact) mass is 423 g/mol. The van der Waals surface area contributed by atoms with Crippen LogP contribution >= 0.6 is 0 Å². The summed E-state index contributed by atoms with van der Waals surface area (Å²) in [5.41, 5.74) is 0.745. The van der Waals surface area contributed by atoms with Gasteiger partial charge in [0.05, 0.1) is 13.2 Å². The smallest absolute Gasteiger partial charge is 0.254 e. The fourth-order valence-corrected chi connectivity index (χ4v) is 4.83. The van der Waals surface area contributed by atoms with Crippen molar-refractivity contribution in [2.75, 3.05) is 39.4 Å². The molecule has 4 rings (SSSR count). The van der Waals surface area contributed by atoms with Crippen LogP contribution in [0.1, 0.15) is 37.0 Å². The Morgan fingerprint density at radius 3 is 2.61 bits per heavy atom. The number of ether oxygens (including phenoxy) is 1. The molecule has 2 unspecified atom stereocenters. The zero-order valence-corrected chi connectivity index (χ0v) is 18.5. The fraction of sp³-hybridized carbons (Fsp3) is 0.520. The van der Waals surface area contributed by atoms with Crippen LogP contribution in [-0.2, 0) is 9.53 Å². The molecule has 0 saturated carbocycles. The van der Waals surface area contributed by atoms with Gasteiger partial charge in [-0.3, -0.25) is 14.5 Å². The number of likely N-dealkylation sites (tertiary alicyclic amines) is 1. The molecule has 0 aliphatic carbocycles. The maximum atomic E-state index is 13.1. The Labute approximate surface area is 184 Å². The number of nitrogens with one attached hydrogen (secondary N) is 1. The average molecular weight is 424 g/mol. The quantitative estimate of drug-likeness (QED) is 0.803. The van der Waals surface area contributed by atoms with Gasteiger partial charge in [0, 0.05) is 49.7 Å². The lowest BCUT2D eigenvalue weighted by Gasteiger charge is -2.38. The van der Waals surface area contributed by atoms with Gasteiger partial charge in [0.1, 0.15) is 0 Å². The third kappa shape index (κ3) is 4.91. The van der Waals surface area contributed by atoms with E-state index in [-0.39, 0.29) is 23.8 Å². The minimum atomic E-state index is -0.0223. The van der Waals surface area contributed by atoms with Gasteiger partial charge in [-0.25, -0.2) is 0 Å². The van der Waals surface area contributed by atoms with Gasteiger partial charge in [-0.15, -0.1) is 0 Å². The summed E-state index contributed by atoms with van der Waals surface area (Å²) in [6, 6.07) is 14.5. The van der Waals surface area contributed by atoms with E-state index in [1.165, 1.54) is 0 Å². The molecule has 2 amide bonds. The van der Waals surface area contributed by atoms with Crippen LogP contribution in [0.4, 0.5) is 0 Å². The van der Waals surface area contributed by atoms with Gasteiger partial charge in [-0.05, 0) is 43.5 Å². The van der Waals surface area contributed by atoms with Crippen molar-refractivity contribution in [1.29, 1.82) is 0 Å². The Morgan fingerprint density at radius 1 is 1.10 bits per heavy atom. The normalized spacial score (nSPS) is 21.7. The molecule has 1 N–H and O–H groups in total. The Bertz CT molecular complexity index is 918. The van der Waals surface area contributed by atoms with Crippen molar-refractivity contribution in [3.8, 4) is 0 Å². The van der Waals surface area contributed by atoms with E-state index in [1.807, 2.05) is 47.4 Å². The zero-order chi connectivity index (χ0) is 21.8. The van der Waals surface area contributed by atoms with E-state index in [4.69, 9.17) is 4.74 Å². The van der Waals surface area contributed by atoms with Gasteiger partial charge in [0.15, 0.2) is 0 Å². The van der Waals surface area contributed by atoms with Gasteiger partial charge < -0.3 is 15.0 Å². The van der Waals surface area contributed by atoms with Crippen molar-refractivity contribution in [2.45, 2.75) is 38.8 Å². The first-order valence-electron chi connectivity index (χ1n) is 11.4. The maximum Gasteiger partial charge on any atom is 0.254 e. The van der Waals surface area contributed by atoms with Crippen molar-refractivity contribution < 1.29 is 14.3 Å². The van der Waals surface area contributed by atoms with Crippen molar-refractivity contribution in [3.63, 3.8) is 0 Å². The van der Waals surface area contributed by atoms with Crippen LogP contribution in [0, 0.1) is 5.92 Å². The molecule has 2 saturated heterocycles. The van der Waals surface area contributed by atoms with Crippen molar-refractivity contribution in [3.05, 3.63) is 48.0 Å². The second-order valence-electron chi connectivity index (χ2n) is 8.85. The number of morpholine rings is 1. The Morgan fingerprint density at radius 2 is 1.84 bits per heavy atom. The van der Waals surface area contributed by atoms with Crippen molar-refractivity contribution >= 4 is 22.6 Å². The van der Waals surface area contributed by atoms with Crippen molar-refractivity contribution in [2.24, 2.45) is 5.92 Å². The number of piperidine rings is 1. The van der Waals surface area contributed by atoms with E-state index in [0.29, 0.717) is 38.5 Å². The summed E-state index contributed by atoms with van der Waals surface area (Å²) in [7, 11) is 0. The second-order valence-corrected chi connectivity index (χ2v) is 8.85. The number of carbonyl (C=O) groups excluding carboxylic acids is 2. The van der Waals surface area contributed by atoms with Crippen molar-refractivity contribution in [1.82, 2.24) is 15.1 Å². The number of carbonyl (C=O) groups is 2. The number of fused-ring (bicyclic) bond motifs is 1. The summed E-state index contributed by atoms with van der Waals surface area (Å²) >= 11 is 0. The molecule has 0 bridgehead atoms. The predicted octanol–water partition coefficient (Wildman–Crippen LogP) is 2.92. The molecule has 166 valence electrons. The van der Waals surface area contributed by atoms with Crippen LogP contribution < -0.4 is 5.32 Å². The predicted molar refractivity (Wildman–Crippen MR) is 122 cm³/mol. The first-order chi connectivity index (χ1) is 15.0. The number of hydrogen-bond acceptors (Lipinski definition) is 4. The SMILES string of the molecule is CC(CNC(=O)C1CCN(C(=O)c2cccc3ccccc23)CC1)N1CCOCC1C. The highest BCUT2D eigenvalue weighted by Crippen LogP contribution is 2.24. The first-order valence-corrected chi connectivity index (χ1v) is 11.4. The first kappa shape index (κ1) is 21.8. The van der Waals surface area contributed by atoms with Crippen LogP contribution in [0.5, 0.6) is 0 Å². The topological polar surface area (TPSA) is 61.9 Å². The third-order valence-corrected chi connectivity index (χ3v) is 6.73. The minimum Gasteiger partial charge on any atom is -0.379 e. The molecule has 2 atom stereocenters. The van der Waals surface area contributed by atoms with Gasteiger partial charge in [0.25, 0.3) is 5.91 Å². The summed E-state index contributed by atoms with van der Waals surface area (Å²) < 4.78 is 5.51. The van der Waals surface area contributed by atoms with E-state index < -0.39 is 0 Å². The standard InChI is InChI=1S/C25H33N3O3/c1-18(28-14-15-31-17-19(28)2)16-26-24(29)21-10-12-27(13-11-21)25(30)23-9-5-7-20-6-3-4-8-22(20)23/h3-9,18-19,21H,10-17H2,1-2H3,(H,26,29). The number of nitrogens with zero attached hydrogens (tertiary/aromatic N) is 2. The van der Waals surface area contributed by atoms with Crippen LogP contribution in [0.25, 0.3) is 10.8 Å². The van der Waals surface area contributed by atoms with E-state index in [2.05, 4.69) is 24.1 Å². The maximum absolute atomic E-state index is 13.1. The zero-order valence-electron chi connectivity index (χ0n) is 18.5. The van der Waals surface area contributed by atoms with E-state index in [1.54, 1.807) is 0 Å². The number of amides is 2. The molecule has 2 heterocycles. The molecule has 2 aliphatic heterocycles. The molecular weight excluding hydrogens is 390 g/mol. The van der Waals surface area contributed by atoms with Crippen LogP contribution in [0.3, 0.4) is 0 Å². The highest BCUT2D eigenvalue weighted by molar-refractivity contribution is 6.07. The highest BCUT2D eigenvalue weighted by atomic mass is 16.5. The molecular formula is C25H33N3O3. The summed E-state index contributed by atoms with van der Waals surface area (Å²) in [6.07, 6.45) is 1.43. The van der Waals surface area contributed by atoms with Crippen LogP contribution in [0.2, 0.25) is 0 Å². The Kier molecular flexibility index (Phi) is 6.88. The molecule has 0 radical (unpaired) electrons. The lowest BCUT2D eigenvalue weighted by Crippen LogP contribution is -2.52. The Hall–Kier alpha value is -2.44. The second kappa shape index (κ2) is 9.79. The molecule has 0 aromatic heterocycles. The average Bonchev–Trinajstić information content (AvgIpc) is 2.82. The van der Waals surface area contributed by atoms with Crippen LogP contribution in [0.15, 0.2) is 42.5 Å². The van der Waals surface area contributed by atoms with Gasteiger partial charge >= 0.3 is 0 Å². The number of rotatable bonds is 5. The van der Waals surface area contributed by atoms with E-state index in [0.717, 1.165) is 36.1 Å². The molecule has 2 aromatic rings. The number of benzene rings is 2. The summed E-state index contributed by atoms with van der Waals surface area (Å²) in [6.45, 7) is 8.64. The van der Waals surface area contributed by atoms with Gasteiger partial charge in [0.2, 0.25) is 5.91 Å². The molecule has 2 fully saturated rings. The summed E-state index contributed by atoms with van der Waals surface area (Å²) in [5.74, 6) is 0.154. The third-order valence-electron chi connectivity index (χ3n) is 6.73. The molecule has 6 heteroatoms. The van der Waals surface area contributed by atoms with Gasteiger partial charge in [-0.1, -0.05) is 36.4 Å². The Balaban J connectivity index is 1.29. The minimum absolute atomic E-state index is 0.0223. The van der Waals surface area contributed by atoms with E-state index in [9.17, 15) is 9.59 Å². The van der Waals surface area contributed by atoms with E-state index >= 15 is 0 Å². The molecule has 2 aliphatic rings. The molecule has 2 aromatic carbocycles. The largest absolute Gasteiger partial charge is 0.379 e. The fourth-order valence-electron chi connectivity index (χ4n) is 4.83. The molecule has 31 heavy (non-hydrogen) atoms. The van der Waals surface area contributed by atoms with Gasteiger partial charge in [-0.2, -0.15) is 0 Å². The van der Waals surface area contributed by atoms with Crippen LogP contribution in [-0.4, -0.2) is 73.1 Å². The molecule has 6 nitrogen and oxygen atoms in total. The lowest BCUT2D eigenvalue weighted by atomic mass is 9.94. The lowest BCUT2D eigenvalue weighted by molar-refractivity contribution is -0.126. The number of hydrogen-bond donors (Lipinski definition) is 1. The highest BCUT2D eigenvalue weighted by Gasteiger charge is 2.29. The molecule has 0 spiro atoms. The summed E-state index contributed by atoms with van der Waals surface area (Å²) in [5, 5.41) is 5.21.